The molecule has 0 amide bonds. The second-order valence-corrected chi connectivity index (χ2v) is 4.34. The largest absolute Gasteiger partial charge is 0.392 e. The summed E-state index contributed by atoms with van der Waals surface area (Å²) in [6, 6.07) is 0.741. The van der Waals surface area contributed by atoms with Crippen LogP contribution >= 0.6 is 0 Å². The van der Waals surface area contributed by atoms with Crippen molar-refractivity contribution in [2.24, 2.45) is 0 Å². The first-order valence-corrected chi connectivity index (χ1v) is 5.16. The number of piperidine rings is 1. The topological polar surface area (TPSA) is 26.7 Å². The zero-order chi connectivity index (χ0) is 9.84. The Morgan fingerprint density at radius 2 is 1.92 bits per heavy atom. The molecule has 1 atom stereocenters. The highest BCUT2D eigenvalue weighted by Gasteiger charge is 2.20. The van der Waals surface area contributed by atoms with E-state index in [1.54, 1.807) is 0 Å². The molecule has 0 aliphatic carbocycles. The van der Waals surface area contributed by atoms with Crippen LogP contribution in [0.5, 0.6) is 0 Å². The van der Waals surface area contributed by atoms with Gasteiger partial charge in [-0.05, 0) is 47.0 Å². The first-order chi connectivity index (χ1) is 6.09. The third-order valence-electron chi connectivity index (χ3n) is 2.81. The van der Waals surface area contributed by atoms with Crippen LogP contribution in [0.15, 0.2) is 0 Å². The molecule has 78 valence electrons. The van der Waals surface area contributed by atoms with Gasteiger partial charge in [-0.25, -0.2) is 0 Å². The fraction of sp³-hybridized carbons (Fsp3) is 1.00. The van der Waals surface area contributed by atoms with Crippen molar-refractivity contribution >= 4 is 0 Å². The SMILES string of the molecule is CC(O)CN1CCC(N(C)C)CC1. The minimum absolute atomic E-state index is 0.184. The maximum absolute atomic E-state index is 9.23. The molecule has 1 heterocycles. The lowest BCUT2D eigenvalue weighted by atomic mass is 10.0. The quantitative estimate of drug-likeness (QED) is 0.691. The number of β-amino-alcohol motifs (C(OH)–C–C–N with tert-alkyl or cyclic N) is 1. The third kappa shape index (κ3) is 3.63. The second-order valence-electron chi connectivity index (χ2n) is 4.34. The molecule has 3 heteroatoms. The number of nitrogens with zero attached hydrogens (tertiary/aromatic N) is 2. The number of aliphatic hydroxyl groups excluding tert-OH is 1. The van der Waals surface area contributed by atoms with Crippen LogP contribution in [-0.4, -0.2) is 60.8 Å². The van der Waals surface area contributed by atoms with E-state index in [9.17, 15) is 5.11 Å². The summed E-state index contributed by atoms with van der Waals surface area (Å²) in [6.45, 7) is 4.96. The van der Waals surface area contributed by atoms with Crippen molar-refractivity contribution < 1.29 is 5.11 Å². The fourth-order valence-corrected chi connectivity index (χ4v) is 1.99. The summed E-state index contributed by atoms with van der Waals surface area (Å²) in [7, 11) is 4.30. The minimum Gasteiger partial charge on any atom is -0.392 e. The van der Waals surface area contributed by atoms with Gasteiger partial charge in [-0.15, -0.1) is 0 Å². The molecule has 0 aromatic heterocycles. The van der Waals surface area contributed by atoms with Crippen molar-refractivity contribution in [3.05, 3.63) is 0 Å². The summed E-state index contributed by atoms with van der Waals surface area (Å²) in [5, 5.41) is 9.23. The zero-order valence-corrected chi connectivity index (χ0v) is 9.03. The Hall–Kier alpha value is -0.120. The lowest BCUT2D eigenvalue weighted by molar-refractivity contribution is 0.0888. The highest BCUT2D eigenvalue weighted by atomic mass is 16.3. The number of hydrogen-bond acceptors (Lipinski definition) is 3. The maximum Gasteiger partial charge on any atom is 0.0639 e. The molecule has 0 spiro atoms. The molecule has 1 saturated heterocycles. The number of hydrogen-bond donors (Lipinski definition) is 1. The Morgan fingerprint density at radius 1 is 1.38 bits per heavy atom. The van der Waals surface area contributed by atoms with Gasteiger partial charge in [-0.2, -0.15) is 0 Å². The number of likely N-dealkylation sites (tertiary alicyclic amines) is 1. The predicted octanol–water partition coefficient (Wildman–Crippen LogP) is 0.393. The van der Waals surface area contributed by atoms with E-state index in [1.165, 1.54) is 12.8 Å². The van der Waals surface area contributed by atoms with Gasteiger partial charge in [0.05, 0.1) is 6.10 Å². The van der Waals surface area contributed by atoms with Crippen LogP contribution < -0.4 is 0 Å². The zero-order valence-electron chi connectivity index (χ0n) is 9.03. The van der Waals surface area contributed by atoms with Crippen LogP contribution in [0, 0.1) is 0 Å². The van der Waals surface area contributed by atoms with E-state index in [-0.39, 0.29) is 6.10 Å². The molecule has 1 N–H and O–H groups in total. The van der Waals surface area contributed by atoms with Crippen LogP contribution in [0.2, 0.25) is 0 Å². The molecule has 3 nitrogen and oxygen atoms in total. The van der Waals surface area contributed by atoms with Crippen LogP contribution in [0.4, 0.5) is 0 Å². The minimum atomic E-state index is -0.184. The molecular formula is C10H22N2O. The lowest BCUT2D eigenvalue weighted by Crippen LogP contribution is -2.44. The van der Waals surface area contributed by atoms with Gasteiger partial charge in [0.2, 0.25) is 0 Å². The second kappa shape index (κ2) is 4.94. The van der Waals surface area contributed by atoms with E-state index in [4.69, 9.17) is 0 Å². The summed E-state index contributed by atoms with van der Waals surface area (Å²) in [5.41, 5.74) is 0. The summed E-state index contributed by atoms with van der Waals surface area (Å²) < 4.78 is 0. The van der Waals surface area contributed by atoms with Gasteiger partial charge in [-0.3, -0.25) is 0 Å². The summed E-state index contributed by atoms with van der Waals surface area (Å²) >= 11 is 0. The fourth-order valence-electron chi connectivity index (χ4n) is 1.99. The predicted molar refractivity (Wildman–Crippen MR) is 54.8 cm³/mol. The van der Waals surface area contributed by atoms with Crippen LogP contribution in [0.3, 0.4) is 0 Å². The van der Waals surface area contributed by atoms with Gasteiger partial charge in [0.25, 0.3) is 0 Å². The Morgan fingerprint density at radius 3 is 2.31 bits per heavy atom. The molecule has 0 aromatic carbocycles. The monoisotopic (exact) mass is 186 g/mol. The first-order valence-electron chi connectivity index (χ1n) is 5.16. The van der Waals surface area contributed by atoms with Crippen LogP contribution in [0.25, 0.3) is 0 Å². The van der Waals surface area contributed by atoms with E-state index in [1.807, 2.05) is 6.92 Å². The van der Waals surface area contributed by atoms with Crippen molar-refractivity contribution in [3.63, 3.8) is 0 Å². The highest BCUT2D eigenvalue weighted by Crippen LogP contribution is 2.13. The van der Waals surface area contributed by atoms with Gasteiger partial charge in [0, 0.05) is 12.6 Å². The van der Waals surface area contributed by atoms with Crippen molar-refractivity contribution in [1.82, 2.24) is 9.80 Å². The molecule has 1 aliphatic rings. The van der Waals surface area contributed by atoms with Crippen LogP contribution in [-0.2, 0) is 0 Å². The van der Waals surface area contributed by atoms with Crippen molar-refractivity contribution in [1.29, 1.82) is 0 Å². The normalized spacial score (nSPS) is 23.8. The van der Waals surface area contributed by atoms with E-state index in [0.29, 0.717) is 0 Å². The molecule has 0 saturated carbocycles. The molecule has 0 bridgehead atoms. The molecule has 1 unspecified atom stereocenters. The average Bonchev–Trinajstić information content (AvgIpc) is 2.04. The Bertz CT molecular complexity index is 140. The molecule has 1 rings (SSSR count). The smallest absolute Gasteiger partial charge is 0.0639 e. The molecule has 0 aromatic rings. The van der Waals surface area contributed by atoms with Gasteiger partial charge in [-0.1, -0.05) is 0 Å². The van der Waals surface area contributed by atoms with Crippen molar-refractivity contribution in [2.45, 2.75) is 31.9 Å². The Labute approximate surface area is 81.3 Å². The standard InChI is InChI=1S/C10H22N2O/c1-9(13)8-12-6-4-10(5-7-12)11(2)3/h9-10,13H,4-8H2,1-3H3. The van der Waals surface area contributed by atoms with Gasteiger partial charge < -0.3 is 14.9 Å². The third-order valence-corrected chi connectivity index (χ3v) is 2.81. The van der Waals surface area contributed by atoms with E-state index < -0.39 is 0 Å². The van der Waals surface area contributed by atoms with Gasteiger partial charge in [0.1, 0.15) is 0 Å². The van der Waals surface area contributed by atoms with E-state index >= 15 is 0 Å². The summed E-state index contributed by atoms with van der Waals surface area (Å²) in [6.07, 6.45) is 2.29. The first kappa shape index (κ1) is 11.0. The average molecular weight is 186 g/mol. The molecule has 1 fully saturated rings. The molecular weight excluding hydrogens is 164 g/mol. The number of aliphatic hydroxyl groups is 1. The lowest BCUT2D eigenvalue weighted by Gasteiger charge is -2.35. The van der Waals surface area contributed by atoms with Gasteiger partial charge >= 0.3 is 0 Å². The Balaban J connectivity index is 2.22. The van der Waals surface area contributed by atoms with Crippen LogP contribution in [0.1, 0.15) is 19.8 Å². The highest BCUT2D eigenvalue weighted by molar-refractivity contribution is 4.77. The van der Waals surface area contributed by atoms with Crippen molar-refractivity contribution in [3.8, 4) is 0 Å². The van der Waals surface area contributed by atoms with Crippen molar-refractivity contribution in [2.75, 3.05) is 33.7 Å². The van der Waals surface area contributed by atoms with E-state index in [0.717, 1.165) is 25.7 Å². The maximum atomic E-state index is 9.23. The van der Waals surface area contributed by atoms with Gasteiger partial charge in [0.15, 0.2) is 0 Å². The number of rotatable bonds is 3. The summed E-state index contributed by atoms with van der Waals surface area (Å²) in [4.78, 5) is 4.66. The Kier molecular flexibility index (Phi) is 4.16. The molecule has 1 aliphatic heterocycles. The molecule has 0 radical (unpaired) electrons. The molecule has 13 heavy (non-hydrogen) atoms. The van der Waals surface area contributed by atoms with E-state index in [2.05, 4.69) is 23.9 Å². The summed E-state index contributed by atoms with van der Waals surface area (Å²) in [5.74, 6) is 0.